The zero-order valence-electron chi connectivity index (χ0n) is 15.5. The number of halogens is 1. The van der Waals surface area contributed by atoms with Crippen LogP contribution in [0, 0.1) is 11.7 Å². The van der Waals surface area contributed by atoms with E-state index in [4.69, 9.17) is 4.74 Å². The number of carbonyl (C=O) groups excluding carboxylic acids is 1. The van der Waals surface area contributed by atoms with Crippen molar-refractivity contribution in [3.63, 3.8) is 0 Å². The Balaban J connectivity index is 1.77. The minimum atomic E-state index is -0.689. The lowest BCUT2D eigenvalue weighted by atomic mass is 9.87. The van der Waals surface area contributed by atoms with Gasteiger partial charge in [0.05, 0.1) is 17.2 Å². The van der Waals surface area contributed by atoms with Crippen molar-refractivity contribution in [3.8, 4) is 0 Å². The second-order valence-electron chi connectivity index (χ2n) is 7.98. The third kappa shape index (κ3) is 4.33. The summed E-state index contributed by atoms with van der Waals surface area (Å²) in [5, 5.41) is 17.0. The summed E-state index contributed by atoms with van der Waals surface area (Å²) in [6.07, 6.45) is 5.04. The highest BCUT2D eigenvalue weighted by atomic mass is 19.1. The fourth-order valence-corrected chi connectivity index (χ4v) is 3.35. The molecular weight excluding hydrogens is 337 g/mol. The van der Waals surface area contributed by atoms with Crippen LogP contribution in [-0.2, 0) is 4.74 Å². The van der Waals surface area contributed by atoms with E-state index in [9.17, 15) is 14.3 Å². The minimum absolute atomic E-state index is 0.0790. The number of aromatic nitrogens is 2. The summed E-state index contributed by atoms with van der Waals surface area (Å²) in [7, 11) is 0. The second kappa shape index (κ2) is 7.23. The Morgan fingerprint density at radius 2 is 2.04 bits per heavy atom. The number of rotatable bonds is 3. The van der Waals surface area contributed by atoms with Crippen molar-refractivity contribution in [2.45, 2.75) is 58.1 Å². The maximum atomic E-state index is 14.3. The lowest BCUT2D eigenvalue weighted by molar-refractivity contribution is 0.0635. The Morgan fingerprint density at radius 1 is 1.35 bits per heavy atom. The molecule has 1 aromatic carbocycles. The molecule has 1 saturated carbocycles. The van der Waals surface area contributed by atoms with Gasteiger partial charge in [-0.15, -0.1) is 0 Å². The van der Waals surface area contributed by atoms with E-state index in [2.05, 4.69) is 10.4 Å². The number of nitrogens with one attached hydrogen (secondary N) is 1. The van der Waals surface area contributed by atoms with Crippen LogP contribution in [0.3, 0.4) is 0 Å². The van der Waals surface area contributed by atoms with Crippen LogP contribution in [0.1, 0.15) is 52.5 Å². The molecule has 1 fully saturated rings. The van der Waals surface area contributed by atoms with Crippen molar-refractivity contribution in [2.24, 2.45) is 5.92 Å². The predicted octanol–water partition coefficient (Wildman–Crippen LogP) is 4.25. The molecule has 142 valence electrons. The lowest BCUT2D eigenvalue weighted by Gasteiger charge is -2.27. The maximum absolute atomic E-state index is 14.3. The molecule has 0 spiro atoms. The average Bonchev–Trinajstić information content (AvgIpc) is 2.96. The monoisotopic (exact) mass is 363 g/mol. The Bertz CT molecular complexity index is 789. The third-order valence-corrected chi connectivity index (χ3v) is 4.70. The summed E-state index contributed by atoms with van der Waals surface area (Å²) in [5.74, 6) is -0.170. The van der Waals surface area contributed by atoms with E-state index in [1.54, 1.807) is 26.8 Å². The molecule has 1 aliphatic carbocycles. The van der Waals surface area contributed by atoms with Crippen LogP contribution in [0.4, 0.5) is 14.9 Å². The van der Waals surface area contributed by atoms with Gasteiger partial charge in [0.1, 0.15) is 11.4 Å². The normalized spacial score (nSPS) is 21.0. The summed E-state index contributed by atoms with van der Waals surface area (Å²) in [6.45, 7) is 5.49. The van der Waals surface area contributed by atoms with E-state index in [0.717, 1.165) is 31.1 Å². The van der Waals surface area contributed by atoms with Crippen LogP contribution in [0.25, 0.3) is 10.9 Å². The molecule has 0 unspecified atom stereocenters. The number of aliphatic hydroxyl groups excluding tert-OH is 1. The number of hydrogen-bond acceptors (Lipinski definition) is 4. The predicted molar refractivity (Wildman–Crippen MR) is 97.6 cm³/mol. The SMILES string of the molecule is CC(C)(C)OC(=O)Nc1cc2cn([C@H]3CC[C@H](CO)CC3)nc2cc1F. The number of aliphatic hydroxyl groups is 1. The average molecular weight is 363 g/mol. The van der Waals surface area contributed by atoms with E-state index >= 15 is 0 Å². The van der Waals surface area contributed by atoms with Crippen molar-refractivity contribution in [2.75, 3.05) is 11.9 Å². The van der Waals surface area contributed by atoms with Crippen LogP contribution >= 0.6 is 0 Å². The molecular formula is C19H26FN3O3. The summed E-state index contributed by atoms with van der Waals surface area (Å²) < 4.78 is 21.4. The first-order chi connectivity index (χ1) is 12.2. The van der Waals surface area contributed by atoms with Crippen LogP contribution < -0.4 is 5.32 Å². The highest BCUT2D eigenvalue weighted by molar-refractivity contribution is 5.90. The number of fused-ring (bicyclic) bond motifs is 1. The van der Waals surface area contributed by atoms with E-state index in [1.165, 1.54) is 6.07 Å². The zero-order chi connectivity index (χ0) is 18.9. The van der Waals surface area contributed by atoms with Crippen LogP contribution in [0.2, 0.25) is 0 Å². The van der Waals surface area contributed by atoms with Gasteiger partial charge in [-0.3, -0.25) is 10.00 Å². The molecule has 0 atom stereocenters. The van der Waals surface area contributed by atoms with Crippen LogP contribution in [0.15, 0.2) is 18.3 Å². The second-order valence-corrected chi connectivity index (χ2v) is 7.98. The fourth-order valence-electron chi connectivity index (χ4n) is 3.35. The summed E-state index contributed by atoms with van der Waals surface area (Å²) in [4.78, 5) is 11.9. The molecule has 1 heterocycles. The number of anilines is 1. The zero-order valence-corrected chi connectivity index (χ0v) is 15.5. The maximum Gasteiger partial charge on any atom is 0.412 e. The van der Waals surface area contributed by atoms with E-state index < -0.39 is 17.5 Å². The van der Waals surface area contributed by atoms with Gasteiger partial charge in [-0.05, 0) is 58.4 Å². The number of carbonyl (C=O) groups is 1. The molecule has 0 saturated heterocycles. The molecule has 1 aromatic heterocycles. The Hall–Kier alpha value is -2.15. The molecule has 0 radical (unpaired) electrons. The van der Waals surface area contributed by atoms with Gasteiger partial charge in [0.25, 0.3) is 0 Å². The van der Waals surface area contributed by atoms with Gasteiger partial charge in [0.2, 0.25) is 0 Å². The molecule has 7 heteroatoms. The lowest BCUT2D eigenvalue weighted by Crippen LogP contribution is -2.27. The molecule has 2 N–H and O–H groups in total. The van der Waals surface area contributed by atoms with Crippen molar-refractivity contribution in [1.82, 2.24) is 9.78 Å². The summed E-state index contributed by atoms with van der Waals surface area (Å²) in [6, 6.07) is 3.17. The van der Waals surface area contributed by atoms with E-state index in [0.29, 0.717) is 11.4 Å². The van der Waals surface area contributed by atoms with E-state index in [1.807, 2.05) is 10.9 Å². The molecule has 1 amide bonds. The molecule has 0 bridgehead atoms. The van der Waals surface area contributed by atoms with Crippen LogP contribution in [0.5, 0.6) is 0 Å². The highest BCUT2D eigenvalue weighted by Gasteiger charge is 2.23. The number of benzene rings is 1. The molecule has 1 aliphatic rings. The first-order valence-electron chi connectivity index (χ1n) is 9.04. The quantitative estimate of drug-likeness (QED) is 0.855. The molecule has 0 aliphatic heterocycles. The topological polar surface area (TPSA) is 76.4 Å². The van der Waals surface area contributed by atoms with Crippen molar-refractivity contribution in [1.29, 1.82) is 0 Å². The van der Waals surface area contributed by atoms with Gasteiger partial charge >= 0.3 is 6.09 Å². The largest absolute Gasteiger partial charge is 0.444 e. The standard InChI is InChI=1S/C19H26FN3O3/c1-19(2,3)26-18(25)21-17-8-13-10-23(22-16(13)9-15(17)20)14-6-4-12(11-24)5-7-14/h8-10,12,14,24H,4-7,11H2,1-3H3,(H,21,25)/t12-,14-. The number of nitrogens with zero attached hydrogens (tertiary/aromatic N) is 2. The first-order valence-corrected chi connectivity index (χ1v) is 9.04. The fraction of sp³-hybridized carbons (Fsp3) is 0.579. The van der Waals surface area contributed by atoms with Gasteiger partial charge in [0.15, 0.2) is 0 Å². The summed E-state index contributed by atoms with van der Waals surface area (Å²) >= 11 is 0. The first kappa shape index (κ1) is 18.6. The number of ether oxygens (including phenoxy) is 1. The highest BCUT2D eigenvalue weighted by Crippen LogP contribution is 2.33. The number of amides is 1. The number of hydrogen-bond donors (Lipinski definition) is 2. The molecule has 3 rings (SSSR count). The van der Waals surface area contributed by atoms with Gasteiger partial charge in [-0.1, -0.05) is 0 Å². The van der Waals surface area contributed by atoms with E-state index in [-0.39, 0.29) is 18.3 Å². The van der Waals surface area contributed by atoms with Crippen LogP contribution in [-0.4, -0.2) is 33.2 Å². The minimum Gasteiger partial charge on any atom is -0.444 e. The molecule has 26 heavy (non-hydrogen) atoms. The van der Waals surface area contributed by atoms with Crippen molar-refractivity contribution < 1.29 is 19.0 Å². The third-order valence-electron chi connectivity index (χ3n) is 4.70. The van der Waals surface area contributed by atoms with Gasteiger partial charge < -0.3 is 9.84 Å². The van der Waals surface area contributed by atoms with Gasteiger partial charge in [-0.2, -0.15) is 5.10 Å². The molecule has 6 nitrogen and oxygen atoms in total. The van der Waals surface area contributed by atoms with Gasteiger partial charge in [-0.25, -0.2) is 9.18 Å². The van der Waals surface area contributed by atoms with Crippen molar-refractivity contribution in [3.05, 3.63) is 24.1 Å². The van der Waals surface area contributed by atoms with Crippen molar-refractivity contribution >= 4 is 22.7 Å². The smallest absolute Gasteiger partial charge is 0.412 e. The molecule has 2 aromatic rings. The Kier molecular flexibility index (Phi) is 5.18. The summed E-state index contributed by atoms with van der Waals surface area (Å²) in [5.41, 5.74) is -0.0139. The Labute approximate surface area is 152 Å². The Morgan fingerprint density at radius 3 is 2.65 bits per heavy atom. The van der Waals surface area contributed by atoms with Gasteiger partial charge in [0, 0.05) is 24.3 Å².